The predicted octanol–water partition coefficient (Wildman–Crippen LogP) is 2.16. The minimum atomic E-state index is -1.23. The fraction of sp³-hybridized carbons (Fsp3) is 0.500. The Bertz CT molecular complexity index is 526. The Kier molecular flexibility index (Phi) is 5.10. The van der Waals surface area contributed by atoms with Crippen molar-refractivity contribution in [2.24, 2.45) is 0 Å². The van der Waals surface area contributed by atoms with Crippen molar-refractivity contribution in [1.82, 2.24) is 4.90 Å². The number of carboxylic acids is 1. The summed E-state index contributed by atoms with van der Waals surface area (Å²) in [5.74, 6) is -1.05. The summed E-state index contributed by atoms with van der Waals surface area (Å²) in [6.45, 7) is 3.54. The maximum atomic E-state index is 11.1. The van der Waals surface area contributed by atoms with Crippen LogP contribution in [-0.4, -0.2) is 47.1 Å². The summed E-state index contributed by atoms with van der Waals surface area (Å²) in [5, 5.41) is 19.8. The van der Waals surface area contributed by atoms with Crippen LogP contribution < -0.4 is 4.74 Å². The average molecular weight is 294 g/mol. The smallest absolute Gasteiger partial charge is 0.339 e. The highest BCUT2D eigenvalue weighted by atomic mass is 16.6. The van der Waals surface area contributed by atoms with Gasteiger partial charge in [-0.05, 0) is 38.4 Å². The van der Waals surface area contributed by atoms with Crippen LogP contribution in [0.25, 0.3) is 0 Å². The third-order valence-electron chi connectivity index (χ3n) is 3.48. The Labute approximate surface area is 122 Å². The zero-order valence-corrected chi connectivity index (χ0v) is 11.7. The predicted molar refractivity (Wildman–Crippen MR) is 75.8 cm³/mol. The van der Waals surface area contributed by atoms with Crippen molar-refractivity contribution in [2.75, 3.05) is 26.2 Å². The molecule has 0 amide bonds. The van der Waals surface area contributed by atoms with E-state index >= 15 is 0 Å². The molecule has 1 heterocycles. The third kappa shape index (κ3) is 4.16. The quantitative estimate of drug-likeness (QED) is 0.470. The molecular formula is C14H18N2O5. The average Bonchev–Trinajstić information content (AvgIpc) is 2.96. The van der Waals surface area contributed by atoms with Gasteiger partial charge in [0.2, 0.25) is 0 Å². The lowest BCUT2D eigenvalue weighted by Gasteiger charge is -2.15. The highest BCUT2D eigenvalue weighted by Gasteiger charge is 2.17. The number of rotatable bonds is 7. The summed E-state index contributed by atoms with van der Waals surface area (Å²) in [6.07, 6.45) is 3.26. The first kappa shape index (κ1) is 15.2. The molecule has 0 bridgehead atoms. The Hall–Kier alpha value is -2.15. The molecule has 0 saturated carbocycles. The number of aromatic carboxylic acids is 1. The second-order valence-electron chi connectivity index (χ2n) is 4.99. The molecule has 0 aliphatic carbocycles. The Balaban J connectivity index is 1.92. The molecule has 1 fully saturated rings. The number of carboxylic acid groups (broad SMARTS) is 1. The number of likely N-dealkylation sites (tertiary alicyclic amines) is 1. The standard InChI is InChI=1S/C14H18N2O5/c17-14(18)12-10-11(16(19)20)4-5-13(12)21-9-3-8-15-6-1-2-7-15/h4-5,10H,1-3,6-9H2,(H,17,18). The lowest BCUT2D eigenvalue weighted by Crippen LogP contribution is -2.22. The molecule has 1 aliphatic rings. The molecule has 7 heteroatoms. The van der Waals surface area contributed by atoms with Crippen molar-refractivity contribution in [3.8, 4) is 5.75 Å². The summed E-state index contributed by atoms with van der Waals surface area (Å²) in [7, 11) is 0. The molecule has 1 aliphatic heterocycles. The van der Waals surface area contributed by atoms with Crippen LogP contribution in [0.3, 0.4) is 0 Å². The van der Waals surface area contributed by atoms with E-state index in [1.165, 1.54) is 25.0 Å². The molecule has 0 unspecified atom stereocenters. The van der Waals surface area contributed by atoms with Crippen LogP contribution in [0.2, 0.25) is 0 Å². The monoisotopic (exact) mass is 294 g/mol. The minimum Gasteiger partial charge on any atom is -0.493 e. The number of nitro benzene ring substituents is 1. The van der Waals surface area contributed by atoms with Gasteiger partial charge in [-0.2, -0.15) is 0 Å². The molecular weight excluding hydrogens is 276 g/mol. The van der Waals surface area contributed by atoms with E-state index in [2.05, 4.69) is 4.90 Å². The molecule has 1 N–H and O–H groups in total. The summed E-state index contributed by atoms with van der Waals surface area (Å²) < 4.78 is 5.46. The molecule has 0 radical (unpaired) electrons. The van der Waals surface area contributed by atoms with E-state index in [4.69, 9.17) is 9.84 Å². The van der Waals surface area contributed by atoms with Crippen molar-refractivity contribution in [2.45, 2.75) is 19.3 Å². The van der Waals surface area contributed by atoms with Gasteiger partial charge in [-0.3, -0.25) is 10.1 Å². The summed E-state index contributed by atoms with van der Waals surface area (Å²) >= 11 is 0. The number of hydrogen-bond donors (Lipinski definition) is 1. The first-order valence-electron chi connectivity index (χ1n) is 6.95. The van der Waals surface area contributed by atoms with E-state index in [0.717, 1.165) is 32.1 Å². The maximum absolute atomic E-state index is 11.1. The zero-order chi connectivity index (χ0) is 15.2. The van der Waals surface area contributed by atoms with Gasteiger partial charge in [0.25, 0.3) is 5.69 Å². The van der Waals surface area contributed by atoms with Gasteiger partial charge in [0.1, 0.15) is 11.3 Å². The van der Waals surface area contributed by atoms with Crippen LogP contribution in [0.15, 0.2) is 18.2 Å². The van der Waals surface area contributed by atoms with Crippen LogP contribution in [0.1, 0.15) is 29.6 Å². The maximum Gasteiger partial charge on any atom is 0.339 e. The van der Waals surface area contributed by atoms with E-state index in [-0.39, 0.29) is 17.0 Å². The molecule has 0 atom stereocenters. The number of carbonyl (C=O) groups is 1. The lowest BCUT2D eigenvalue weighted by atomic mass is 10.2. The number of nitro groups is 1. The van der Waals surface area contributed by atoms with Gasteiger partial charge in [-0.1, -0.05) is 0 Å². The molecule has 1 aromatic rings. The van der Waals surface area contributed by atoms with Crippen molar-refractivity contribution in [3.63, 3.8) is 0 Å². The molecule has 0 aromatic heterocycles. The van der Waals surface area contributed by atoms with Gasteiger partial charge in [0.05, 0.1) is 11.5 Å². The van der Waals surface area contributed by atoms with E-state index < -0.39 is 10.9 Å². The van der Waals surface area contributed by atoms with Crippen molar-refractivity contribution in [3.05, 3.63) is 33.9 Å². The first-order chi connectivity index (χ1) is 10.1. The molecule has 1 aromatic carbocycles. The molecule has 21 heavy (non-hydrogen) atoms. The van der Waals surface area contributed by atoms with Crippen LogP contribution in [0, 0.1) is 10.1 Å². The van der Waals surface area contributed by atoms with Gasteiger partial charge in [-0.25, -0.2) is 4.79 Å². The highest BCUT2D eigenvalue weighted by molar-refractivity contribution is 5.91. The van der Waals surface area contributed by atoms with Crippen molar-refractivity contribution in [1.29, 1.82) is 0 Å². The highest BCUT2D eigenvalue weighted by Crippen LogP contribution is 2.24. The van der Waals surface area contributed by atoms with Gasteiger partial charge < -0.3 is 14.7 Å². The van der Waals surface area contributed by atoms with Crippen LogP contribution in [0.5, 0.6) is 5.75 Å². The second-order valence-corrected chi connectivity index (χ2v) is 4.99. The third-order valence-corrected chi connectivity index (χ3v) is 3.48. The zero-order valence-electron chi connectivity index (χ0n) is 11.7. The number of hydrogen-bond acceptors (Lipinski definition) is 5. The first-order valence-corrected chi connectivity index (χ1v) is 6.95. The lowest BCUT2D eigenvalue weighted by molar-refractivity contribution is -0.384. The van der Waals surface area contributed by atoms with Gasteiger partial charge in [-0.15, -0.1) is 0 Å². The Morgan fingerprint density at radius 2 is 2.10 bits per heavy atom. The van der Waals surface area contributed by atoms with E-state index in [0.29, 0.717) is 6.61 Å². The summed E-state index contributed by atoms with van der Waals surface area (Å²) in [4.78, 5) is 23.5. The Morgan fingerprint density at radius 1 is 1.38 bits per heavy atom. The summed E-state index contributed by atoms with van der Waals surface area (Å²) in [5.41, 5.74) is -0.429. The van der Waals surface area contributed by atoms with Crippen LogP contribution >= 0.6 is 0 Å². The molecule has 2 rings (SSSR count). The SMILES string of the molecule is O=C(O)c1cc([N+](=O)[O-])ccc1OCCCN1CCCC1. The van der Waals surface area contributed by atoms with Crippen LogP contribution in [-0.2, 0) is 0 Å². The molecule has 7 nitrogen and oxygen atoms in total. The van der Waals surface area contributed by atoms with Gasteiger partial charge in [0.15, 0.2) is 0 Å². The fourth-order valence-electron chi connectivity index (χ4n) is 2.40. The van der Waals surface area contributed by atoms with Gasteiger partial charge >= 0.3 is 5.97 Å². The second kappa shape index (κ2) is 7.03. The van der Waals surface area contributed by atoms with Crippen LogP contribution in [0.4, 0.5) is 5.69 Å². The number of non-ortho nitro benzene ring substituents is 1. The van der Waals surface area contributed by atoms with Crippen molar-refractivity contribution >= 4 is 11.7 Å². The molecule has 1 saturated heterocycles. The largest absolute Gasteiger partial charge is 0.493 e. The number of nitrogens with zero attached hydrogens (tertiary/aromatic N) is 2. The number of ether oxygens (including phenoxy) is 1. The fourth-order valence-corrected chi connectivity index (χ4v) is 2.40. The minimum absolute atomic E-state index is 0.175. The molecule has 0 spiro atoms. The molecule has 114 valence electrons. The Morgan fingerprint density at radius 3 is 2.71 bits per heavy atom. The normalized spacial score (nSPS) is 15.0. The van der Waals surface area contributed by atoms with E-state index in [1.807, 2.05) is 0 Å². The topological polar surface area (TPSA) is 92.9 Å². The number of benzene rings is 1. The van der Waals surface area contributed by atoms with E-state index in [9.17, 15) is 14.9 Å². The van der Waals surface area contributed by atoms with E-state index in [1.54, 1.807) is 0 Å². The van der Waals surface area contributed by atoms with Crippen molar-refractivity contribution < 1.29 is 19.6 Å². The summed E-state index contributed by atoms with van der Waals surface area (Å²) in [6, 6.07) is 3.62. The van der Waals surface area contributed by atoms with Gasteiger partial charge in [0, 0.05) is 18.7 Å².